The number of carbonyl (C=O) groups is 1. The van der Waals surface area contributed by atoms with Gasteiger partial charge in [-0.15, -0.1) is 0 Å². The summed E-state index contributed by atoms with van der Waals surface area (Å²) in [5.41, 5.74) is 4.23. The smallest absolute Gasteiger partial charge is 0.225 e. The van der Waals surface area contributed by atoms with Crippen molar-refractivity contribution in [1.29, 1.82) is 5.26 Å². The standard InChI is InChI=1S/C26H22F2N4O2/c27-17-9-19-18(21(28)10-17)11-23(33)25(19)32-22-6-7-31(26(34)15-4-5-15)13-20(22)24(30-32)16-3-1-2-14(8-16)12-29/h1-3,8-10,15,23,25,33H,4-7,11,13H2/t23-,25-/m1/s1. The van der Waals surface area contributed by atoms with Gasteiger partial charge < -0.3 is 10.0 Å². The molecule has 0 saturated heterocycles. The van der Waals surface area contributed by atoms with E-state index in [-0.39, 0.29) is 18.2 Å². The Kier molecular flexibility index (Phi) is 4.78. The van der Waals surface area contributed by atoms with Crippen LogP contribution < -0.4 is 0 Å². The Morgan fingerprint density at radius 2 is 2.00 bits per heavy atom. The molecular weight excluding hydrogens is 438 g/mol. The molecule has 1 aliphatic heterocycles. The fourth-order valence-electron chi connectivity index (χ4n) is 5.35. The number of halogens is 2. The lowest BCUT2D eigenvalue weighted by Gasteiger charge is -2.29. The summed E-state index contributed by atoms with van der Waals surface area (Å²) in [6, 6.07) is 10.6. The minimum atomic E-state index is -0.959. The van der Waals surface area contributed by atoms with Gasteiger partial charge in [0.15, 0.2) is 0 Å². The van der Waals surface area contributed by atoms with Gasteiger partial charge in [-0.1, -0.05) is 12.1 Å². The highest BCUT2D eigenvalue weighted by molar-refractivity contribution is 5.81. The third kappa shape index (κ3) is 3.31. The maximum atomic E-state index is 14.5. The summed E-state index contributed by atoms with van der Waals surface area (Å²) >= 11 is 0. The fraction of sp³-hybridized carbons (Fsp3) is 0.346. The van der Waals surface area contributed by atoms with Gasteiger partial charge in [-0.05, 0) is 42.2 Å². The van der Waals surface area contributed by atoms with Crippen LogP contribution in [0.3, 0.4) is 0 Å². The zero-order valence-corrected chi connectivity index (χ0v) is 18.3. The van der Waals surface area contributed by atoms with Crippen LogP contribution >= 0.6 is 0 Å². The van der Waals surface area contributed by atoms with Gasteiger partial charge in [0.05, 0.1) is 23.4 Å². The molecule has 0 bridgehead atoms. The van der Waals surface area contributed by atoms with Gasteiger partial charge in [-0.25, -0.2) is 8.78 Å². The van der Waals surface area contributed by atoms with Crippen LogP contribution in [0.15, 0.2) is 36.4 Å². The number of aliphatic hydroxyl groups is 1. The van der Waals surface area contributed by atoms with Gasteiger partial charge in [0.25, 0.3) is 0 Å². The van der Waals surface area contributed by atoms with Crippen molar-refractivity contribution in [3.63, 3.8) is 0 Å². The molecule has 1 N–H and O–H groups in total. The minimum absolute atomic E-state index is 0.0757. The van der Waals surface area contributed by atoms with Crippen molar-refractivity contribution in [3.8, 4) is 17.3 Å². The average Bonchev–Trinajstić information content (AvgIpc) is 3.55. The largest absolute Gasteiger partial charge is 0.390 e. The number of nitriles is 1. The SMILES string of the molecule is N#Cc1cccc(-c2nn([C@@H]3c4cc(F)cc(F)c4C[C@H]3O)c3c2CN(C(=O)C2CC2)CC3)c1. The number of aliphatic hydroxyl groups excluding tert-OH is 1. The van der Waals surface area contributed by atoms with Crippen LogP contribution in [0, 0.1) is 28.9 Å². The predicted molar refractivity (Wildman–Crippen MR) is 118 cm³/mol. The number of rotatable bonds is 3. The molecule has 8 heteroatoms. The van der Waals surface area contributed by atoms with E-state index >= 15 is 0 Å². The van der Waals surface area contributed by atoms with Crippen LogP contribution in [0.25, 0.3) is 11.3 Å². The number of aromatic nitrogens is 2. The van der Waals surface area contributed by atoms with E-state index in [4.69, 9.17) is 5.10 Å². The lowest BCUT2D eigenvalue weighted by Crippen LogP contribution is -2.38. The molecule has 6 nitrogen and oxygen atoms in total. The van der Waals surface area contributed by atoms with E-state index in [1.807, 2.05) is 11.0 Å². The summed E-state index contributed by atoms with van der Waals surface area (Å²) in [5, 5.41) is 25.1. The fourth-order valence-corrected chi connectivity index (χ4v) is 5.35. The van der Waals surface area contributed by atoms with E-state index in [0.717, 1.165) is 35.7 Å². The number of benzene rings is 2. The van der Waals surface area contributed by atoms with Crippen molar-refractivity contribution in [2.45, 2.75) is 44.4 Å². The molecular formula is C26H22F2N4O2. The van der Waals surface area contributed by atoms with Crippen molar-refractivity contribution >= 4 is 5.91 Å². The molecule has 2 aromatic carbocycles. The number of hydrogen-bond acceptors (Lipinski definition) is 4. The van der Waals surface area contributed by atoms with Crippen LogP contribution in [0.4, 0.5) is 8.78 Å². The second kappa shape index (κ2) is 7.74. The van der Waals surface area contributed by atoms with Crippen LogP contribution in [0.5, 0.6) is 0 Å². The molecule has 2 atom stereocenters. The average molecular weight is 460 g/mol. The van der Waals surface area contributed by atoms with Crippen LogP contribution in [0.1, 0.15) is 46.8 Å². The Morgan fingerprint density at radius 1 is 1.18 bits per heavy atom. The molecule has 2 heterocycles. The van der Waals surface area contributed by atoms with Crippen LogP contribution in [-0.2, 0) is 24.2 Å². The summed E-state index contributed by atoms with van der Waals surface area (Å²) in [4.78, 5) is 14.7. The topological polar surface area (TPSA) is 82.2 Å². The van der Waals surface area contributed by atoms with Gasteiger partial charge in [0.1, 0.15) is 17.7 Å². The molecule has 0 spiro atoms. The molecule has 1 saturated carbocycles. The molecule has 3 aromatic rings. The molecule has 0 unspecified atom stereocenters. The van der Waals surface area contributed by atoms with Crippen molar-refractivity contribution in [2.24, 2.45) is 5.92 Å². The first kappa shape index (κ1) is 21.0. The summed E-state index contributed by atoms with van der Waals surface area (Å²) in [6.45, 7) is 0.906. The highest BCUT2D eigenvalue weighted by atomic mass is 19.1. The Labute approximate surface area is 195 Å². The highest BCUT2D eigenvalue weighted by Crippen LogP contribution is 2.41. The predicted octanol–water partition coefficient (Wildman–Crippen LogP) is 3.50. The maximum absolute atomic E-state index is 14.5. The van der Waals surface area contributed by atoms with E-state index in [1.165, 1.54) is 6.07 Å². The molecule has 1 amide bonds. The minimum Gasteiger partial charge on any atom is -0.390 e. The van der Waals surface area contributed by atoms with Gasteiger partial charge >= 0.3 is 0 Å². The third-order valence-electron chi connectivity index (χ3n) is 7.14. The van der Waals surface area contributed by atoms with Gasteiger partial charge in [-0.2, -0.15) is 10.4 Å². The molecule has 1 aromatic heterocycles. The van der Waals surface area contributed by atoms with E-state index < -0.39 is 23.8 Å². The summed E-state index contributed by atoms with van der Waals surface area (Å²) in [6.07, 6.45) is 1.47. The molecule has 1 fully saturated rings. The Hall–Kier alpha value is -3.57. The number of hydrogen-bond donors (Lipinski definition) is 1. The van der Waals surface area contributed by atoms with E-state index in [9.17, 15) is 23.9 Å². The van der Waals surface area contributed by atoms with Gasteiger partial charge in [0.2, 0.25) is 5.91 Å². The number of amides is 1. The molecule has 2 aliphatic carbocycles. The quantitative estimate of drug-likeness (QED) is 0.649. The monoisotopic (exact) mass is 460 g/mol. The summed E-state index contributed by atoms with van der Waals surface area (Å²) in [7, 11) is 0. The van der Waals surface area contributed by atoms with Crippen LogP contribution in [0.2, 0.25) is 0 Å². The van der Waals surface area contributed by atoms with Crippen molar-refractivity contribution in [3.05, 3.63) is 76.0 Å². The summed E-state index contributed by atoms with van der Waals surface area (Å²) in [5.74, 6) is -1.12. The first-order valence-corrected chi connectivity index (χ1v) is 11.5. The maximum Gasteiger partial charge on any atom is 0.225 e. The van der Waals surface area contributed by atoms with Crippen molar-refractivity contribution in [1.82, 2.24) is 14.7 Å². The van der Waals surface area contributed by atoms with E-state index in [0.29, 0.717) is 41.9 Å². The molecule has 3 aliphatic rings. The molecule has 34 heavy (non-hydrogen) atoms. The normalized spacial score (nSPS) is 21.2. The van der Waals surface area contributed by atoms with Crippen molar-refractivity contribution in [2.75, 3.05) is 6.54 Å². The van der Waals surface area contributed by atoms with Gasteiger partial charge in [0, 0.05) is 54.7 Å². The number of carbonyl (C=O) groups excluding carboxylic acids is 1. The highest BCUT2D eigenvalue weighted by Gasteiger charge is 2.40. The zero-order valence-electron chi connectivity index (χ0n) is 18.3. The lowest BCUT2D eigenvalue weighted by molar-refractivity contribution is -0.133. The molecule has 172 valence electrons. The number of nitrogens with zero attached hydrogens (tertiary/aromatic N) is 4. The van der Waals surface area contributed by atoms with E-state index in [2.05, 4.69) is 6.07 Å². The van der Waals surface area contributed by atoms with Crippen molar-refractivity contribution < 1.29 is 18.7 Å². The first-order valence-electron chi connectivity index (χ1n) is 11.5. The second-order valence-corrected chi connectivity index (χ2v) is 9.37. The molecule has 6 rings (SSSR count). The zero-order chi connectivity index (χ0) is 23.6. The lowest BCUT2D eigenvalue weighted by atomic mass is 9.99. The Balaban J connectivity index is 1.50. The third-order valence-corrected chi connectivity index (χ3v) is 7.14. The molecule has 0 radical (unpaired) electrons. The van der Waals surface area contributed by atoms with E-state index in [1.54, 1.807) is 22.9 Å². The first-order chi connectivity index (χ1) is 16.4. The Bertz CT molecular complexity index is 1370. The van der Waals surface area contributed by atoms with Crippen LogP contribution in [-0.4, -0.2) is 38.3 Å². The second-order valence-electron chi connectivity index (χ2n) is 9.37. The summed E-state index contributed by atoms with van der Waals surface area (Å²) < 4.78 is 30.3. The Morgan fingerprint density at radius 3 is 2.76 bits per heavy atom. The number of fused-ring (bicyclic) bond motifs is 2. The van der Waals surface area contributed by atoms with Gasteiger partial charge in [-0.3, -0.25) is 9.48 Å².